The fourth-order valence-electron chi connectivity index (χ4n) is 3.55. The van der Waals surface area contributed by atoms with E-state index in [1.165, 1.54) is 5.56 Å². The molecule has 1 fully saturated rings. The average Bonchev–Trinajstić information content (AvgIpc) is 2.81. The van der Waals surface area contributed by atoms with E-state index in [-0.39, 0.29) is 6.04 Å². The van der Waals surface area contributed by atoms with Crippen LogP contribution in [0.15, 0.2) is 53.5 Å². The van der Waals surface area contributed by atoms with Gasteiger partial charge in [0, 0.05) is 38.4 Å². The topological polar surface area (TPSA) is 67.4 Å². The highest BCUT2D eigenvalue weighted by molar-refractivity contribution is 5.93. The Morgan fingerprint density at radius 2 is 1.90 bits per heavy atom. The number of hydrogen-bond donors (Lipinski definition) is 2. The second kappa shape index (κ2) is 11.4. The average molecular weight is 413 g/mol. The lowest BCUT2D eigenvalue weighted by Crippen LogP contribution is -2.44. The quantitative estimate of drug-likeness (QED) is 0.513. The minimum absolute atomic E-state index is 0.239. The molecule has 3 rings (SSSR count). The van der Waals surface area contributed by atoms with E-state index in [2.05, 4.69) is 44.8 Å². The van der Waals surface area contributed by atoms with Gasteiger partial charge in [-0.05, 0) is 24.6 Å². The van der Waals surface area contributed by atoms with Gasteiger partial charge in [0.15, 0.2) is 17.5 Å². The molecule has 30 heavy (non-hydrogen) atoms. The van der Waals surface area contributed by atoms with Gasteiger partial charge in [-0.3, -0.25) is 9.89 Å². The summed E-state index contributed by atoms with van der Waals surface area (Å²) < 4.78 is 16.6. The SMILES string of the molecule is CCOc1ccc(NC(=NC)NCC(c2ccccc2)N2CCOCC2)cc1OC. The first kappa shape index (κ1) is 21.9. The molecule has 0 aromatic heterocycles. The standard InChI is InChI=1S/C23H32N4O3/c1-4-30-21-11-10-19(16-22(21)28-3)26-23(24-2)25-17-20(18-8-6-5-7-9-18)27-12-14-29-15-13-27/h5-11,16,20H,4,12-15,17H2,1-3H3,(H2,24,25,26). The number of rotatable bonds is 8. The van der Waals surface area contributed by atoms with E-state index in [4.69, 9.17) is 14.2 Å². The Balaban J connectivity index is 1.68. The van der Waals surface area contributed by atoms with Crippen LogP contribution in [0.5, 0.6) is 11.5 Å². The molecule has 1 saturated heterocycles. The number of nitrogens with one attached hydrogen (secondary N) is 2. The van der Waals surface area contributed by atoms with E-state index in [0.29, 0.717) is 18.3 Å². The first-order valence-corrected chi connectivity index (χ1v) is 10.4. The van der Waals surface area contributed by atoms with Crippen molar-refractivity contribution in [2.75, 3.05) is 58.9 Å². The van der Waals surface area contributed by atoms with Crippen LogP contribution in [0, 0.1) is 0 Å². The largest absolute Gasteiger partial charge is 0.493 e. The molecule has 0 bridgehead atoms. The molecule has 1 unspecified atom stereocenters. The summed E-state index contributed by atoms with van der Waals surface area (Å²) in [6, 6.07) is 16.6. The van der Waals surface area contributed by atoms with Gasteiger partial charge in [-0.2, -0.15) is 0 Å². The Labute approximate surface area is 179 Å². The Morgan fingerprint density at radius 3 is 2.57 bits per heavy atom. The number of aliphatic imine (C=N–C) groups is 1. The second-order valence-corrected chi connectivity index (χ2v) is 6.95. The number of morpholine rings is 1. The van der Waals surface area contributed by atoms with E-state index < -0.39 is 0 Å². The van der Waals surface area contributed by atoms with Crippen molar-refractivity contribution in [3.63, 3.8) is 0 Å². The maximum absolute atomic E-state index is 5.59. The fraction of sp³-hybridized carbons (Fsp3) is 0.435. The Morgan fingerprint density at radius 1 is 1.13 bits per heavy atom. The molecule has 1 heterocycles. The van der Waals surface area contributed by atoms with Crippen LogP contribution in [-0.4, -0.2) is 64.5 Å². The maximum Gasteiger partial charge on any atom is 0.195 e. The van der Waals surface area contributed by atoms with Gasteiger partial charge in [-0.25, -0.2) is 0 Å². The summed E-state index contributed by atoms with van der Waals surface area (Å²) in [6.07, 6.45) is 0. The normalized spacial score (nSPS) is 16.0. The van der Waals surface area contributed by atoms with E-state index in [1.54, 1.807) is 14.2 Å². The van der Waals surface area contributed by atoms with Crippen LogP contribution in [0.4, 0.5) is 5.69 Å². The zero-order chi connectivity index (χ0) is 21.2. The van der Waals surface area contributed by atoms with Gasteiger partial charge < -0.3 is 24.8 Å². The summed E-state index contributed by atoms with van der Waals surface area (Å²) in [6.45, 7) is 6.65. The lowest BCUT2D eigenvalue weighted by atomic mass is 10.0. The number of benzene rings is 2. The second-order valence-electron chi connectivity index (χ2n) is 6.95. The third kappa shape index (κ3) is 5.87. The first-order chi connectivity index (χ1) is 14.7. The number of guanidine groups is 1. The minimum atomic E-state index is 0.239. The molecule has 0 radical (unpaired) electrons. The van der Waals surface area contributed by atoms with Gasteiger partial charge in [0.2, 0.25) is 0 Å². The van der Waals surface area contributed by atoms with Crippen molar-refractivity contribution < 1.29 is 14.2 Å². The van der Waals surface area contributed by atoms with E-state index >= 15 is 0 Å². The third-order valence-electron chi connectivity index (χ3n) is 5.08. The van der Waals surface area contributed by atoms with Gasteiger partial charge in [0.25, 0.3) is 0 Å². The smallest absolute Gasteiger partial charge is 0.195 e. The molecular formula is C23H32N4O3. The lowest BCUT2D eigenvalue weighted by Gasteiger charge is -2.35. The molecule has 2 N–H and O–H groups in total. The van der Waals surface area contributed by atoms with Crippen LogP contribution >= 0.6 is 0 Å². The maximum atomic E-state index is 5.59. The van der Waals surface area contributed by atoms with Crippen LogP contribution in [0.1, 0.15) is 18.5 Å². The van der Waals surface area contributed by atoms with Crippen LogP contribution < -0.4 is 20.1 Å². The Kier molecular flexibility index (Phi) is 8.35. The van der Waals surface area contributed by atoms with Gasteiger partial charge in [-0.1, -0.05) is 30.3 Å². The Bertz CT molecular complexity index is 807. The summed E-state index contributed by atoms with van der Waals surface area (Å²) in [5.74, 6) is 2.12. The van der Waals surface area contributed by atoms with Crippen molar-refractivity contribution in [2.45, 2.75) is 13.0 Å². The molecule has 0 saturated carbocycles. The number of anilines is 1. The molecule has 162 valence electrons. The van der Waals surface area contributed by atoms with Crippen molar-refractivity contribution >= 4 is 11.6 Å². The molecule has 0 aliphatic carbocycles. The van der Waals surface area contributed by atoms with Crippen molar-refractivity contribution in [1.82, 2.24) is 10.2 Å². The summed E-state index contributed by atoms with van der Waals surface area (Å²) in [5.41, 5.74) is 2.16. The summed E-state index contributed by atoms with van der Waals surface area (Å²) >= 11 is 0. The summed E-state index contributed by atoms with van der Waals surface area (Å²) in [7, 11) is 3.41. The molecule has 0 amide bonds. The number of methoxy groups -OCH3 is 1. The molecule has 7 heteroatoms. The molecule has 0 spiro atoms. The predicted molar refractivity (Wildman–Crippen MR) is 121 cm³/mol. The van der Waals surface area contributed by atoms with Gasteiger partial charge in [0.05, 0.1) is 33.0 Å². The highest BCUT2D eigenvalue weighted by Gasteiger charge is 2.22. The van der Waals surface area contributed by atoms with Crippen LogP contribution in [0.3, 0.4) is 0 Å². The third-order valence-corrected chi connectivity index (χ3v) is 5.08. The van der Waals surface area contributed by atoms with Crippen LogP contribution in [0.25, 0.3) is 0 Å². The molecule has 1 aliphatic rings. The minimum Gasteiger partial charge on any atom is -0.493 e. The van der Waals surface area contributed by atoms with E-state index in [9.17, 15) is 0 Å². The zero-order valence-corrected chi connectivity index (χ0v) is 18.1. The Hall–Kier alpha value is -2.77. The molecule has 2 aromatic rings. The van der Waals surface area contributed by atoms with Gasteiger partial charge in [-0.15, -0.1) is 0 Å². The van der Waals surface area contributed by atoms with Crippen molar-refractivity contribution in [3.8, 4) is 11.5 Å². The summed E-state index contributed by atoms with van der Waals surface area (Å²) in [4.78, 5) is 6.84. The molecule has 1 atom stereocenters. The molecule has 1 aliphatic heterocycles. The van der Waals surface area contributed by atoms with Crippen LogP contribution in [-0.2, 0) is 4.74 Å². The highest BCUT2D eigenvalue weighted by Crippen LogP contribution is 2.30. The number of ether oxygens (including phenoxy) is 3. The molecular weight excluding hydrogens is 380 g/mol. The van der Waals surface area contributed by atoms with Crippen molar-refractivity contribution in [1.29, 1.82) is 0 Å². The van der Waals surface area contributed by atoms with E-state index in [0.717, 1.165) is 44.3 Å². The highest BCUT2D eigenvalue weighted by atomic mass is 16.5. The monoisotopic (exact) mass is 412 g/mol. The van der Waals surface area contributed by atoms with Crippen molar-refractivity contribution in [3.05, 3.63) is 54.1 Å². The first-order valence-electron chi connectivity index (χ1n) is 10.4. The molecule has 2 aromatic carbocycles. The van der Waals surface area contributed by atoms with Gasteiger partial charge in [0.1, 0.15) is 0 Å². The van der Waals surface area contributed by atoms with Crippen LogP contribution in [0.2, 0.25) is 0 Å². The number of nitrogens with zero attached hydrogens (tertiary/aromatic N) is 2. The molecule has 7 nitrogen and oxygen atoms in total. The lowest BCUT2D eigenvalue weighted by molar-refractivity contribution is 0.0170. The zero-order valence-electron chi connectivity index (χ0n) is 18.1. The van der Waals surface area contributed by atoms with E-state index in [1.807, 2.05) is 31.2 Å². The predicted octanol–water partition coefficient (Wildman–Crippen LogP) is 3.15. The fourth-order valence-corrected chi connectivity index (χ4v) is 3.55. The van der Waals surface area contributed by atoms with Crippen molar-refractivity contribution in [2.24, 2.45) is 4.99 Å². The summed E-state index contributed by atoms with van der Waals surface area (Å²) in [5, 5.41) is 6.82. The number of hydrogen-bond acceptors (Lipinski definition) is 5. The van der Waals surface area contributed by atoms with Gasteiger partial charge >= 0.3 is 0 Å².